The highest BCUT2D eigenvalue weighted by Crippen LogP contribution is 2.21. The molecule has 1 N–H and O–H groups in total. The number of piperazine rings is 1. The lowest BCUT2D eigenvalue weighted by molar-refractivity contribution is 0.0723. The summed E-state index contributed by atoms with van der Waals surface area (Å²) >= 11 is 0. The van der Waals surface area contributed by atoms with E-state index in [1.165, 1.54) is 0 Å². The van der Waals surface area contributed by atoms with Crippen molar-refractivity contribution >= 4 is 5.91 Å². The molecule has 1 aromatic heterocycles. The predicted octanol–water partition coefficient (Wildman–Crippen LogP) is 1.98. The maximum atomic E-state index is 12.8. The van der Waals surface area contributed by atoms with E-state index in [0.717, 1.165) is 24.3 Å². The Morgan fingerprint density at radius 2 is 1.56 bits per heavy atom. The molecule has 0 spiro atoms. The van der Waals surface area contributed by atoms with Crippen LogP contribution in [0.3, 0.4) is 0 Å². The standard InChI is InChI=1S/C19H19N5O/c25-19(23-13-11-20-12-14-23)17-21-18(15-7-3-1-4-8-15)24(22-17)16-9-5-2-6-10-16/h1-10,20H,11-14H2. The second-order valence-corrected chi connectivity index (χ2v) is 5.91. The Bertz CT molecular complexity index is 797. The minimum Gasteiger partial charge on any atom is -0.333 e. The van der Waals surface area contributed by atoms with Gasteiger partial charge in [0.2, 0.25) is 5.82 Å². The molecule has 1 fully saturated rings. The summed E-state index contributed by atoms with van der Waals surface area (Å²) in [6, 6.07) is 19.6. The lowest BCUT2D eigenvalue weighted by atomic mass is 10.2. The van der Waals surface area contributed by atoms with Crippen LogP contribution in [-0.4, -0.2) is 51.8 Å². The summed E-state index contributed by atoms with van der Waals surface area (Å²) in [6.45, 7) is 2.96. The fourth-order valence-electron chi connectivity index (χ4n) is 2.94. The van der Waals surface area contributed by atoms with E-state index in [-0.39, 0.29) is 11.7 Å². The number of carbonyl (C=O) groups excluding carboxylic acids is 1. The molecule has 1 aliphatic rings. The molecule has 25 heavy (non-hydrogen) atoms. The molecule has 1 amide bonds. The molecule has 1 saturated heterocycles. The number of nitrogens with zero attached hydrogens (tertiary/aromatic N) is 4. The van der Waals surface area contributed by atoms with Gasteiger partial charge >= 0.3 is 0 Å². The first-order valence-electron chi connectivity index (χ1n) is 8.41. The number of benzene rings is 2. The predicted molar refractivity (Wildman–Crippen MR) is 95.6 cm³/mol. The van der Waals surface area contributed by atoms with Crippen molar-refractivity contribution in [3.63, 3.8) is 0 Å². The molecule has 0 saturated carbocycles. The van der Waals surface area contributed by atoms with Gasteiger partial charge in [-0.25, -0.2) is 9.67 Å². The fraction of sp³-hybridized carbons (Fsp3) is 0.211. The minimum atomic E-state index is -0.117. The third kappa shape index (κ3) is 3.16. The first-order chi connectivity index (χ1) is 12.3. The lowest BCUT2D eigenvalue weighted by Gasteiger charge is -2.26. The van der Waals surface area contributed by atoms with Crippen molar-refractivity contribution in [3.8, 4) is 17.1 Å². The SMILES string of the molecule is O=C(c1nc(-c2ccccc2)n(-c2ccccc2)n1)N1CCNCC1. The first kappa shape index (κ1) is 15.5. The van der Waals surface area contributed by atoms with Crippen molar-refractivity contribution in [2.24, 2.45) is 0 Å². The Labute approximate surface area is 146 Å². The van der Waals surface area contributed by atoms with E-state index in [2.05, 4.69) is 15.4 Å². The molecule has 3 aromatic rings. The second kappa shape index (κ2) is 6.86. The summed E-state index contributed by atoms with van der Waals surface area (Å²) in [4.78, 5) is 19.2. The summed E-state index contributed by atoms with van der Waals surface area (Å²) in [7, 11) is 0. The van der Waals surface area contributed by atoms with Crippen molar-refractivity contribution < 1.29 is 4.79 Å². The van der Waals surface area contributed by atoms with Crippen LogP contribution in [0.25, 0.3) is 17.1 Å². The molecule has 6 heteroatoms. The molecular weight excluding hydrogens is 314 g/mol. The highest BCUT2D eigenvalue weighted by Gasteiger charge is 2.24. The first-order valence-corrected chi connectivity index (χ1v) is 8.41. The molecule has 0 radical (unpaired) electrons. The van der Waals surface area contributed by atoms with Crippen molar-refractivity contribution in [2.45, 2.75) is 0 Å². The molecule has 2 aromatic carbocycles. The average Bonchev–Trinajstić information content (AvgIpc) is 3.15. The minimum absolute atomic E-state index is 0.117. The number of aromatic nitrogens is 3. The molecule has 126 valence electrons. The van der Waals surface area contributed by atoms with Gasteiger partial charge in [-0.15, -0.1) is 5.10 Å². The van der Waals surface area contributed by atoms with Crippen molar-refractivity contribution in [1.29, 1.82) is 0 Å². The molecule has 1 aliphatic heterocycles. The highest BCUT2D eigenvalue weighted by molar-refractivity contribution is 5.91. The normalized spacial score (nSPS) is 14.5. The van der Waals surface area contributed by atoms with Crippen LogP contribution in [0.2, 0.25) is 0 Å². The van der Waals surface area contributed by atoms with Gasteiger partial charge in [0.05, 0.1) is 5.69 Å². The zero-order chi connectivity index (χ0) is 17.1. The largest absolute Gasteiger partial charge is 0.333 e. The van der Waals surface area contributed by atoms with Crippen LogP contribution < -0.4 is 5.32 Å². The molecule has 0 unspecified atom stereocenters. The third-order valence-electron chi connectivity index (χ3n) is 4.24. The number of carbonyl (C=O) groups is 1. The zero-order valence-electron chi connectivity index (χ0n) is 13.8. The smallest absolute Gasteiger partial charge is 0.293 e. The molecule has 0 bridgehead atoms. The van der Waals surface area contributed by atoms with Gasteiger partial charge in [-0.1, -0.05) is 48.5 Å². The Balaban J connectivity index is 1.77. The number of hydrogen-bond donors (Lipinski definition) is 1. The molecule has 0 atom stereocenters. The molecule has 0 aliphatic carbocycles. The maximum absolute atomic E-state index is 12.8. The lowest BCUT2D eigenvalue weighted by Crippen LogP contribution is -2.46. The summed E-state index contributed by atoms with van der Waals surface area (Å²) < 4.78 is 1.74. The summed E-state index contributed by atoms with van der Waals surface area (Å²) in [5.41, 5.74) is 1.81. The van der Waals surface area contributed by atoms with Gasteiger partial charge in [0.25, 0.3) is 5.91 Å². The van der Waals surface area contributed by atoms with Crippen molar-refractivity contribution in [3.05, 3.63) is 66.5 Å². The summed E-state index contributed by atoms with van der Waals surface area (Å²) in [5, 5.41) is 7.78. The van der Waals surface area contributed by atoms with E-state index in [0.29, 0.717) is 18.9 Å². The zero-order valence-corrected chi connectivity index (χ0v) is 13.8. The Kier molecular flexibility index (Phi) is 4.26. The van der Waals surface area contributed by atoms with Crippen LogP contribution in [0.5, 0.6) is 0 Å². The second-order valence-electron chi connectivity index (χ2n) is 5.91. The number of rotatable bonds is 3. The monoisotopic (exact) mass is 333 g/mol. The maximum Gasteiger partial charge on any atom is 0.293 e. The Morgan fingerprint density at radius 3 is 2.24 bits per heavy atom. The van der Waals surface area contributed by atoms with Gasteiger partial charge in [0.15, 0.2) is 5.82 Å². The van der Waals surface area contributed by atoms with Crippen LogP contribution in [0.4, 0.5) is 0 Å². The van der Waals surface area contributed by atoms with Crippen molar-refractivity contribution in [1.82, 2.24) is 25.0 Å². The van der Waals surface area contributed by atoms with E-state index in [4.69, 9.17) is 0 Å². The van der Waals surface area contributed by atoms with Gasteiger partial charge < -0.3 is 10.2 Å². The Morgan fingerprint density at radius 1 is 0.920 bits per heavy atom. The van der Waals surface area contributed by atoms with E-state index in [9.17, 15) is 4.79 Å². The highest BCUT2D eigenvalue weighted by atomic mass is 16.2. The number of para-hydroxylation sites is 1. The van der Waals surface area contributed by atoms with Gasteiger partial charge in [-0.3, -0.25) is 4.79 Å². The molecular formula is C19H19N5O. The van der Waals surface area contributed by atoms with Crippen LogP contribution in [0, 0.1) is 0 Å². The third-order valence-corrected chi connectivity index (χ3v) is 4.24. The summed E-state index contributed by atoms with van der Waals surface area (Å²) in [6.07, 6.45) is 0. The number of nitrogens with one attached hydrogen (secondary N) is 1. The van der Waals surface area contributed by atoms with Gasteiger partial charge in [-0.05, 0) is 12.1 Å². The molecule has 2 heterocycles. The van der Waals surface area contributed by atoms with Gasteiger partial charge in [0.1, 0.15) is 0 Å². The summed E-state index contributed by atoms with van der Waals surface area (Å²) in [5.74, 6) is 0.795. The van der Waals surface area contributed by atoms with Gasteiger partial charge in [-0.2, -0.15) is 0 Å². The van der Waals surface area contributed by atoms with Gasteiger partial charge in [0, 0.05) is 31.7 Å². The van der Waals surface area contributed by atoms with Crippen LogP contribution in [0.15, 0.2) is 60.7 Å². The quantitative estimate of drug-likeness (QED) is 0.796. The molecule has 6 nitrogen and oxygen atoms in total. The average molecular weight is 333 g/mol. The fourth-order valence-corrected chi connectivity index (χ4v) is 2.94. The molecule has 4 rings (SSSR count). The number of amides is 1. The Hall–Kier alpha value is -2.99. The van der Waals surface area contributed by atoms with E-state index < -0.39 is 0 Å². The van der Waals surface area contributed by atoms with E-state index >= 15 is 0 Å². The van der Waals surface area contributed by atoms with E-state index in [1.54, 1.807) is 9.58 Å². The topological polar surface area (TPSA) is 63.1 Å². The van der Waals surface area contributed by atoms with E-state index in [1.807, 2.05) is 60.7 Å². The van der Waals surface area contributed by atoms with Crippen LogP contribution >= 0.6 is 0 Å². The van der Waals surface area contributed by atoms with Crippen molar-refractivity contribution in [2.75, 3.05) is 26.2 Å². The number of hydrogen-bond acceptors (Lipinski definition) is 4. The van der Waals surface area contributed by atoms with Crippen LogP contribution in [-0.2, 0) is 0 Å². The van der Waals surface area contributed by atoms with Crippen LogP contribution in [0.1, 0.15) is 10.6 Å².